The lowest BCUT2D eigenvalue weighted by Gasteiger charge is -2.36. The van der Waals surface area contributed by atoms with Crippen molar-refractivity contribution in [3.05, 3.63) is 64.2 Å². The predicted octanol–water partition coefficient (Wildman–Crippen LogP) is 2.78. The average molecular weight is 426 g/mol. The number of thiocarbonyl (C=S) groups is 1. The van der Waals surface area contributed by atoms with Crippen molar-refractivity contribution in [3.63, 3.8) is 0 Å². The molecule has 0 aromatic heterocycles. The van der Waals surface area contributed by atoms with E-state index in [1.54, 1.807) is 4.90 Å². The number of hydrazine groups is 1. The van der Waals surface area contributed by atoms with Crippen LogP contribution >= 0.6 is 23.8 Å². The Kier molecular flexibility index (Phi) is 7.01. The Hall–Kier alpha value is -2.00. The van der Waals surface area contributed by atoms with Gasteiger partial charge in [-0.3, -0.25) is 10.3 Å². The summed E-state index contributed by atoms with van der Waals surface area (Å²) in [4.78, 5) is 4.02. The molecule has 1 fully saturated rings. The van der Waals surface area contributed by atoms with E-state index in [1.165, 1.54) is 12.1 Å². The first-order chi connectivity index (χ1) is 13.4. The first-order valence-corrected chi connectivity index (χ1v) is 9.69. The molecule has 2 aromatic rings. The summed E-state index contributed by atoms with van der Waals surface area (Å²) in [7, 11) is 0. The van der Waals surface area contributed by atoms with Crippen LogP contribution in [0.1, 0.15) is 11.1 Å². The molecule has 150 valence electrons. The lowest BCUT2D eigenvalue weighted by atomic mass is 10.1. The van der Waals surface area contributed by atoms with Crippen LogP contribution in [0.5, 0.6) is 0 Å². The highest BCUT2D eigenvalue weighted by atomic mass is 35.5. The normalized spacial score (nSPS) is 14.9. The molecule has 5 nitrogen and oxygen atoms in total. The molecule has 0 atom stereocenters. The van der Waals surface area contributed by atoms with E-state index in [9.17, 15) is 8.78 Å². The van der Waals surface area contributed by atoms with Gasteiger partial charge in [0, 0.05) is 44.3 Å². The SMILES string of the molecule is NC(=S)NNCc1cc(F)c(N2CCN(Cc3ccc(Cl)cc3)CC2)c(F)c1. The van der Waals surface area contributed by atoms with Gasteiger partial charge < -0.3 is 10.6 Å². The van der Waals surface area contributed by atoms with Gasteiger partial charge in [0.25, 0.3) is 0 Å². The van der Waals surface area contributed by atoms with E-state index >= 15 is 0 Å². The minimum Gasteiger partial charge on any atom is -0.375 e. The third-order valence-corrected chi connectivity index (χ3v) is 4.94. The Morgan fingerprint density at radius 2 is 1.64 bits per heavy atom. The van der Waals surface area contributed by atoms with Gasteiger partial charge in [-0.2, -0.15) is 0 Å². The fourth-order valence-electron chi connectivity index (χ4n) is 3.23. The molecule has 1 aliphatic heterocycles. The molecule has 2 aromatic carbocycles. The van der Waals surface area contributed by atoms with Gasteiger partial charge in [0.1, 0.15) is 17.3 Å². The minimum absolute atomic E-state index is 0.0252. The summed E-state index contributed by atoms with van der Waals surface area (Å²) in [6.45, 7) is 3.55. The molecule has 9 heteroatoms. The number of hydrogen-bond donors (Lipinski definition) is 3. The second kappa shape index (κ2) is 9.47. The average Bonchev–Trinajstić information content (AvgIpc) is 2.64. The zero-order valence-corrected chi connectivity index (χ0v) is 16.8. The summed E-state index contributed by atoms with van der Waals surface area (Å²) in [5.41, 5.74) is 12.2. The number of piperazine rings is 1. The molecular weight excluding hydrogens is 404 g/mol. The van der Waals surface area contributed by atoms with Gasteiger partial charge in [0.15, 0.2) is 5.11 Å². The number of benzene rings is 2. The maximum Gasteiger partial charge on any atom is 0.178 e. The van der Waals surface area contributed by atoms with Gasteiger partial charge in [0.05, 0.1) is 0 Å². The molecule has 0 amide bonds. The van der Waals surface area contributed by atoms with Gasteiger partial charge in [0.2, 0.25) is 0 Å². The highest BCUT2D eigenvalue weighted by Crippen LogP contribution is 2.26. The van der Waals surface area contributed by atoms with Gasteiger partial charge >= 0.3 is 0 Å². The molecule has 0 spiro atoms. The Bertz CT molecular complexity index is 803. The summed E-state index contributed by atoms with van der Waals surface area (Å²) in [6, 6.07) is 10.4. The Morgan fingerprint density at radius 1 is 1.04 bits per heavy atom. The van der Waals surface area contributed by atoms with Crippen molar-refractivity contribution in [1.82, 2.24) is 15.8 Å². The monoisotopic (exact) mass is 425 g/mol. The molecule has 0 aliphatic carbocycles. The number of nitrogens with one attached hydrogen (secondary N) is 2. The Balaban J connectivity index is 1.58. The summed E-state index contributed by atoms with van der Waals surface area (Å²) in [5, 5.41) is 0.772. The van der Waals surface area contributed by atoms with Crippen LogP contribution in [0.25, 0.3) is 0 Å². The molecule has 0 radical (unpaired) electrons. The summed E-state index contributed by atoms with van der Waals surface area (Å²) in [5.74, 6) is -1.14. The summed E-state index contributed by atoms with van der Waals surface area (Å²) < 4.78 is 29.1. The number of nitrogens with two attached hydrogens (primary N) is 1. The maximum absolute atomic E-state index is 14.6. The molecule has 1 aliphatic rings. The first kappa shape index (κ1) is 20.7. The van der Waals surface area contributed by atoms with E-state index in [0.29, 0.717) is 23.7 Å². The van der Waals surface area contributed by atoms with Crippen molar-refractivity contribution in [2.45, 2.75) is 13.1 Å². The van der Waals surface area contributed by atoms with Crippen molar-refractivity contribution in [2.24, 2.45) is 5.73 Å². The van der Waals surface area contributed by atoms with Crippen molar-refractivity contribution in [2.75, 3.05) is 31.1 Å². The zero-order chi connectivity index (χ0) is 20.1. The van der Waals surface area contributed by atoms with Crippen LogP contribution in [-0.2, 0) is 13.1 Å². The molecule has 1 heterocycles. The van der Waals surface area contributed by atoms with E-state index in [0.717, 1.165) is 25.2 Å². The highest BCUT2D eigenvalue weighted by Gasteiger charge is 2.23. The second-order valence-corrected chi connectivity index (χ2v) is 7.52. The Labute approximate surface area is 173 Å². The number of nitrogens with zero attached hydrogens (tertiary/aromatic N) is 2. The molecule has 4 N–H and O–H groups in total. The van der Waals surface area contributed by atoms with E-state index in [1.807, 2.05) is 24.3 Å². The lowest BCUT2D eigenvalue weighted by Crippen LogP contribution is -2.46. The summed E-state index contributed by atoms with van der Waals surface area (Å²) >= 11 is 10.6. The van der Waals surface area contributed by atoms with Crippen LogP contribution in [0.4, 0.5) is 14.5 Å². The van der Waals surface area contributed by atoms with Crippen molar-refractivity contribution >= 4 is 34.6 Å². The Morgan fingerprint density at radius 3 is 2.21 bits per heavy atom. The van der Waals surface area contributed by atoms with Gasteiger partial charge in [-0.05, 0) is 47.6 Å². The fourth-order valence-corrected chi connectivity index (χ4v) is 3.43. The maximum atomic E-state index is 14.6. The van der Waals surface area contributed by atoms with Crippen LogP contribution in [0.3, 0.4) is 0 Å². The number of halogens is 3. The van der Waals surface area contributed by atoms with Crippen LogP contribution in [0.2, 0.25) is 5.02 Å². The van der Waals surface area contributed by atoms with Crippen molar-refractivity contribution in [1.29, 1.82) is 0 Å². The second-order valence-electron chi connectivity index (χ2n) is 6.64. The topological polar surface area (TPSA) is 56.6 Å². The van der Waals surface area contributed by atoms with Crippen LogP contribution in [0.15, 0.2) is 36.4 Å². The predicted molar refractivity (Wildman–Crippen MR) is 112 cm³/mol. The third kappa shape index (κ3) is 5.51. The van der Waals surface area contributed by atoms with Crippen LogP contribution in [-0.4, -0.2) is 36.2 Å². The van der Waals surface area contributed by atoms with Gasteiger partial charge in [-0.25, -0.2) is 14.2 Å². The van der Waals surface area contributed by atoms with Crippen molar-refractivity contribution in [3.8, 4) is 0 Å². The largest absolute Gasteiger partial charge is 0.375 e. The molecular formula is C19H22ClF2N5S. The quantitative estimate of drug-likeness (QED) is 0.489. The van der Waals surface area contributed by atoms with Crippen LogP contribution < -0.4 is 21.5 Å². The van der Waals surface area contributed by atoms with E-state index in [2.05, 4.69) is 28.0 Å². The van der Waals surface area contributed by atoms with Crippen molar-refractivity contribution < 1.29 is 8.78 Å². The number of anilines is 1. The fraction of sp³-hybridized carbons (Fsp3) is 0.316. The molecule has 3 rings (SSSR count). The van der Waals surface area contributed by atoms with E-state index in [4.69, 9.17) is 17.3 Å². The molecule has 1 saturated heterocycles. The number of hydrogen-bond acceptors (Lipinski definition) is 4. The molecule has 0 unspecified atom stereocenters. The molecule has 0 bridgehead atoms. The minimum atomic E-state index is -0.571. The lowest BCUT2D eigenvalue weighted by molar-refractivity contribution is 0.248. The standard InChI is InChI=1S/C19H22ClF2N5S/c20-15-3-1-13(2-4-15)12-26-5-7-27(8-6-26)18-16(21)9-14(10-17(18)22)11-24-25-19(23)28/h1-4,9-10,24H,5-8,11-12H2,(H3,23,25,28). The molecule has 0 saturated carbocycles. The highest BCUT2D eigenvalue weighted by molar-refractivity contribution is 7.80. The summed E-state index contributed by atoms with van der Waals surface area (Å²) in [6.07, 6.45) is 0. The first-order valence-electron chi connectivity index (χ1n) is 8.90. The van der Waals surface area contributed by atoms with E-state index < -0.39 is 11.6 Å². The zero-order valence-electron chi connectivity index (χ0n) is 15.2. The van der Waals surface area contributed by atoms with Gasteiger partial charge in [-0.15, -0.1) is 0 Å². The third-order valence-electron chi connectivity index (χ3n) is 4.59. The van der Waals surface area contributed by atoms with Gasteiger partial charge in [-0.1, -0.05) is 23.7 Å². The molecule has 28 heavy (non-hydrogen) atoms. The number of rotatable bonds is 6. The van der Waals surface area contributed by atoms with Crippen LogP contribution in [0, 0.1) is 11.6 Å². The smallest absolute Gasteiger partial charge is 0.178 e. The van der Waals surface area contributed by atoms with E-state index in [-0.39, 0.29) is 17.3 Å².